The second-order valence-corrected chi connectivity index (χ2v) is 5.18. The fourth-order valence-corrected chi connectivity index (χ4v) is 2.34. The van der Waals surface area contributed by atoms with Crippen LogP contribution in [0.15, 0.2) is 4.99 Å². The summed E-state index contributed by atoms with van der Waals surface area (Å²) in [5.41, 5.74) is -0.341. The van der Waals surface area contributed by atoms with Gasteiger partial charge in [0.2, 0.25) is 0 Å². The van der Waals surface area contributed by atoms with Gasteiger partial charge in [-0.1, -0.05) is 11.8 Å². The lowest BCUT2D eigenvalue weighted by Gasteiger charge is -2.25. The zero-order valence-corrected chi connectivity index (χ0v) is 11.0. The second-order valence-electron chi connectivity index (χ2n) is 3.90. The topological polar surface area (TPSA) is 115 Å². The molecule has 1 rings (SSSR count). The fraction of sp³-hybridized carbons (Fsp3) is 0.900. The van der Waals surface area contributed by atoms with Crippen LogP contribution in [0.5, 0.6) is 0 Å². The van der Waals surface area contributed by atoms with Crippen LogP contribution >= 0.6 is 11.8 Å². The van der Waals surface area contributed by atoms with Gasteiger partial charge in [0.05, 0.1) is 19.8 Å². The summed E-state index contributed by atoms with van der Waals surface area (Å²) in [6, 6.07) is 0. The van der Waals surface area contributed by atoms with Crippen molar-refractivity contribution in [1.29, 1.82) is 0 Å². The minimum absolute atomic E-state index is 0.00844. The molecule has 0 aromatic carbocycles. The first-order chi connectivity index (χ1) is 8.58. The van der Waals surface area contributed by atoms with Gasteiger partial charge in [0.1, 0.15) is 23.7 Å². The van der Waals surface area contributed by atoms with Crippen molar-refractivity contribution in [2.24, 2.45) is 4.99 Å². The summed E-state index contributed by atoms with van der Waals surface area (Å²) in [5, 5.41) is 40.8. The maximum absolute atomic E-state index is 9.77. The number of rotatable bonds is 3. The molecule has 1 unspecified atom stereocenters. The largest absolute Gasteiger partial charge is 0.395 e. The van der Waals surface area contributed by atoms with E-state index in [9.17, 15) is 10.2 Å². The molecule has 0 amide bonds. The molecule has 5 N–H and O–H groups in total. The van der Waals surface area contributed by atoms with Crippen molar-refractivity contribution in [2.45, 2.75) is 30.7 Å². The van der Waals surface area contributed by atoms with Gasteiger partial charge in [0.25, 0.3) is 0 Å². The van der Waals surface area contributed by atoms with Crippen molar-refractivity contribution in [1.82, 2.24) is 5.32 Å². The molecule has 0 spiro atoms. The summed E-state index contributed by atoms with van der Waals surface area (Å²) < 4.78 is 5.43. The van der Waals surface area contributed by atoms with Crippen LogP contribution in [0.2, 0.25) is 0 Å². The van der Waals surface area contributed by atoms with E-state index in [1.165, 1.54) is 11.8 Å². The second kappa shape index (κ2) is 7.93. The molecule has 0 saturated carbocycles. The Bertz CT molecular complexity index is 279. The number of aliphatic imine (C=N–C) groups is 1. The monoisotopic (exact) mass is 280 g/mol. The number of hydrogen-bond acceptors (Lipinski definition) is 8. The maximum atomic E-state index is 9.77. The lowest BCUT2D eigenvalue weighted by molar-refractivity contribution is -0.107. The van der Waals surface area contributed by atoms with Crippen molar-refractivity contribution >= 4 is 16.9 Å². The smallest absolute Gasteiger partial charge is 0.159 e. The predicted octanol–water partition coefficient (Wildman–Crippen LogP) is -1.88. The number of nitrogens with zero attached hydrogens (tertiary/aromatic N) is 1. The van der Waals surface area contributed by atoms with Crippen molar-refractivity contribution in [3.63, 3.8) is 0 Å². The van der Waals surface area contributed by atoms with Gasteiger partial charge in [0.15, 0.2) is 5.17 Å². The highest BCUT2D eigenvalue weighted by Gasteiger charge is 2.30. The highest BCUT2D eigenvalue weighted by atomic mass is 32.2. The third-order valence-corrected chi connectivity index (χ3v) is 3.35. The number of nitrogens with one attached hydrogen (secondary N) is 1. The summed E-state index contributed by atoms with van der Waals surface area (Å²) >= 11 is 1.27. The van der Waals surface area contributed by atoms with E-state index in [1.807, 2.05) is 0 Å². The zero-order chi connectivity index (χ0) is 13.5. The molecule has 18 heavy (non-hydrogen) atoms. The first kappa shape index (κ1) is 15.7. The van der Waals surface area contributed by atoms with Gasteiger partial charge < -0.3 is 30.5 Å². The molecule has 7 nitrogen and oxygen atoms in total. The van der Waals surface area contributed by atoms with Crippen molar-refractivity contribution in [3.8, 4) is 0 Å². The molecule has 1 aliphatic rings. The van der Waals surface area contributed by atoms with Crippen LogP contribution in [0.1, 0.15) is 6.92 Å². The molecule has 0 fully saturated rings. The summed E-state index contributed by atoms with van der Waals surface area (Å²) in [6.45, 7) is 1.71. The van der Waals surface area contributed by atoms with Crippen molar-refractivity contribution in [2.75, 3.05) is 26.3 Å². The number of aliphatic hydroxyl groups is 4. The summed E-state index contributed by atoms with van der Waals surface area (Å²) in [4.78, 5) is 4.12. The van der Waals surface area contributed by atoms with Crippen LogP contribution in [-0.4, -0.2) is 75.6 Å². The van der Waals surface area contributed by atoms with Gasteiger partial charge >= 0.3 is 0 Å². The lowest BCUT2D eigenvalue weighted by Crippen LogP contribution is -2.43. The average Bonchev–Trinajstić information content (AvgIpc) is 2.41. The molecular weight excluding hydrogens is 260 g/mol. The van der Waals surface area contributed by atoms with Crippen LogP contribution < -0.4 is 5.32 Å². The predicted molar refractivity (Wildman–Crippen MR) is 68.4 cm³/mol. The molecular formula is C10H20N2O5S. The average molecular weight is 280 g/mol. The Morgan fingerprint density at radius 1 is 1.44 bits per heavy atom. The van der Waals surface area contributed by atoms with Gasteiger partial charge in [0, 0.05) is 6.54 Å². The Kier molecular flexibility index (Phi) is 6.90. The Hall–Kier alpha value is -0.380. The van der Waals surface area contributed by atoms with E-state index < -0.39 is 18.3 Å². The maximum Gasteiger partial charge on any atom is 0.159 e. The van der Waals surface area contributed by atoms with Gasteiger partial charge in [-0.15, -0.1) is 0 Å². The molecule has 0 aromatic rings. The molecule has 0 aliphatic carbocycles. The van der Waals surface area contributed by atoms with Gasteiger partial charge in [-0.3, -0.25) is 4.99 Å². The van der Waals surface area contributed by atoms with E-state index in [2.05, 4.69) is 10.3 Å². The van der Waals surface area contributed by atoms with Gasteiger partial charge in [-0.2, -0.15) is 0 Å². The summed E-state index contributed by atoms with van der Waals surface area (Å²) in [5.74, 6) is 0. The Morgan fingerprint density at radius 2 is 2.17 bits per heavy atom. The molecule has 0 aromatic heterocycles. The standard InChI is InChI=1S/C10H20N2O5S/c1-6-17-8(5-14)9(16)7(15)4-12-10(18-6)11-2-3-13/h6-9,13-16H,2-5H2,1H3,(H,11,12)/t6?,7-,8-,9+/m1/s1. The van der Waals surface area contributed by atoms with Gasteiger partial charge in [-0.05, 0) is 6.92 Å². The molecule has 1 aliphatic heterocycles. The van der Waals surface area contributed by atoms with E-state index in [-0.39, 0.29) is 25.2 Å². The SMILES string of the molecule is CC1O[C@H](CO)[C@@H](O)[C@H](O)CN=C(NCCO)S1. The number of hydrogen-bond donors (Lipinski definition) is 5. The third kappa shape index (κ3) is 4.71. The summed E-state index contributed by atoms with van der Waals surface area (Å²) in [6.07, 6.45) is -3.12. The summed E-state index contributed by atoms with van der Waals surface area (Å²) in [7, 11) is 0. The normalized spacial score (nSPS) is 34.2. The van der Waals surface area contributed by atoms with E-state index in [0.717, 1.165) is 0 Å². The molecule has 106 valence electrons. The van der Waals surface area contributed by atoms with Crippen LogP contribution in [-0.2, 0) is 4.74 Å². The fourth-order valence-electron chi connectivity index (χ4n) is 1.49. The quantitative estimate of drug-likeness (QED) is 0.411. The van der Waals surface area contributed by atoms with E-state index in [1.54, 1.807) is 6.92 Å². The molecule has 8 heteroatoms. The minimum atomic E-state index is -1.18. The first-order valence-corrected chi connectivity index (χ1v) is 6.64. The minimum Gasteiger partial charge on any atom is -0.395 e. The van der Waals surface area contributed by atoms with Gasteiger partial charge in [-0.25, -0.2) is 0 Å². The number of ether oxygens (including phenoxy) is 1. The highest BCUT2D eigenvalue weighted by molar-refractivity contribution is 8.14. The first-order valence-electron chi connectivity index (χ1n) is 5.76. The number of thioether (sulfide) groups is 1. The number of aliphatic hydroxyl groups excluding tert-OH is 4. The molecule has 1 heterocycles. The highest BCUT2D eigenvalue weighted by Crippen LogP contribution is 2.19. The third-order valence-electron chi connectivity index (χ3n) is 2.41. The van der Waals surface area contributed by atoms with Crippen LogP contribution in [0.4, 0.5) is 0 Å². The van der Waals surface area contributed by atoms with E-state index in [0.29, 0.717) is 11.7 Å². The lowest BCUT2D eigenvalue weighted by atomic mass is 10.1. The molecule has 4 atom stereocenters. The van der Waals surface area contributed by atoms with E-state index in [4.69, 9.17) is 14.9 Å². The van der Waals surface area contributed by atoms with Crippen LogP contribution in [0.25, 0.3) is 0 Å². The zero-order valence-electron chi connectivity index (χ0n) is 10.2. The van der Waals surface area contributed by atoms with Crippen LogP contribution in [0, 0.1) is 0 Å². The number of amidine groups is 1. The van der Waals surface area contributed by atoms with Crippen molar-refractivity contribution in [3.05, 3.63) is 0 Å². The van der Waals surface area contributed by atoms with E-state index >= 15 is 0 Å². The molecule has 0 saturated heterocycles. The Balaban J connectivity index is 2.71. The molecule has 0 bridgehead atoms. The van der Waals surface area contributed by atoms with Crippen molar-refractivity contribution < 1.29 is 25.2 Å². The molecule has 0 radical (unpaired) electrons. The Labute approximate surface area is 110 Å². The Morgan fingerprint density at radius 3 is 2.78 bits per heavy atom. The van der Waals surface area contributed by atoms with Crippen LogP contribution in [0.3, 0.4) is 0 Å².